The van der Waals surface area contributed by atoms with Gasteiger partial charge >= 0.3 is 0 Å². The molecule has 0 saturated carbocycles. The van der Waals surface area contributed by atoms with Crippen LogP contribution < -0.4 is 15.5 Å². The van der Waals surface area contributed by atoms with Crippen molar-refractivity contribution < 1.29 is 0 Å². The Morgan fingerprint density at radius 2 is 1.47 bits per heavy atom. The molecule has 0 aliphatic heterocycles. The molecule has 0 unspecified atom stereocenters. The predicted octanol–water partition coefficient (Wildman–Crippen LogP) is 2.53. The van der Waals surface area contributed by atoms with Gasteiger partial charge in [-0.3, -0.25) is 0 Å². The molecule has 99 valence electrons. The number of nitrogens with one attached hydrogen (secondary N) is 2. The van der Waals surface area contributed by atoms with Crippen molar-refractivity contribution in [3.05, 3.63) is 60.7 Å². The molecule has 2 aromatic carbocycles. The van der Waals surface area contributed by atoms with Crippen LogP contribution in [0.2, 0.25) is 0 Å². The van der Waals surface area contributed by atoms with Gasteiger partial charge in [-0.1, -0.05) is 62.4 Å². The van der Waals surface area contributed by atoms with Crippen LogP contribution in [0.25, 0.3) is 0 Å². The van der Waals surface area contributed by atoms with E-state index in [4.69, 9.17) is 0 Å². The van der Waals surface area contributed by atoms with E-state index in [1.165, 1.54) is 10.9 Å². The molecule has 2 aromatic rings. The number of rotatable bonds is 6. The molecule has 2 N–H and O–H groups in total. The normalized spacial score (nSPS) is 10.9. The maximum atomic E-state index is 3.69. The minimum Gasteiger partial charge on any atom is -0.406 e. The summed E-state index contributed by atoms with van der Waals surface area (Å²) < 4.78 is 0. The first-order valence-corrected chi connectivity index (χ1v) is 8.43. The molecule has 0 bridgehead atoms. The minimum absolute atomic E-state index is 0.515. The Kier molecular flexibility index (Phi) is 5.18. The highest BCUT2D eigenvalue weighted by molar-refractivity contribution is 6.76. The van der Waals surface area contributed by atoms with Gasteiger partial charge in [0.1, 0.15) is 0 Å². The smallest absolute Gasteiger partial charge is 0.217 e. The summed E-state index contributed by atoms with van der Waals surface area (Å²) in [6.45, 7) is 4.37. The van der Waals surface area contributed by atoms with Crippen LogP contribution in [0.5, 0.6) is 0 Å². The molecule has 0 aromatic heterocycles. The fourth-order valence-electron chi connectivity index (χ4n) is 1.86. The lowest BCUT2D eigenvalue weighted by Gasteiger charge is -2.20. The summed E-state index contributed by atoms with van der Waals surface area (Å²) in [4.78, 5) is 3.69. The van der Waals surface area contributed by atoms with Crippen molar-refractivity contribution in [2.24, 2.45) is 0 Å². The van der Waals surface area contributed by atoms with E-state index in [0.29, 0.717) is 6.04 Å². The zero-order chi connectivity index (χ0) is 13.5. The van der Waals surface area contributed by atoms with Gasteiger partial charge in [0.25, 0.3) is 0 Å². The van der Waals surface area contributed by atoms with Crippen LogP contribution in [0.3, 0.4) is 0 Å². The second kappa shape index (κ2) is 7.12. The van der Waals surface area contributed by atoms with Crippen LogP contribution in [-0.4, -0.2) is 21.2 Å². The Labute approximate surface area is 117 Å². The first-order chi connectivity index (χ1) is 9.25. The van der Waals surface area contributed by atoms with E-state index in [1.54, 1.807) is 0 Å². The Hall–Kier alpha value is -1.58. The molecule has 1 radical (unpaired) electrons. The molecule has 0 fully saturated rings. The zero-order valence-corrected chi connectivity index (χ0v) is 12.6. The van der Waals surface area contributed by atoms with Gasteiger partial charge in [-0.2, -0.15) is 0 Å². The van der Waals surface area contributed by atoms with Crippen LogP contribution in [-0.2, 0) is 0 Å². The zero-order valence-electron chi connectivity index (χ0n) is 11.6. The van der Waals surface area contributed by atoms with E-state index >= 15 is 0 Å². The van der Waals surface area contributed by atoms with Gasteiger partial charge < -0.3 is 10.3 Å². The number of para-hydroxylation sites is 1. The van der Waals surface area contributed by atoms with Crippen molar-refractivity contribution >= 4 is 19.8 Å². The Bertz CT molecular complexity index is 471. The summed E-state index contributed by atoms with van der Waals surface area (Å²) >= 11 is 0. The largest absolute Gasteiger partial charge is 0.406 e. The average molecular weight is 269 g/mol. The van der Waals surface area contributed by atoms with E-state index in [0.717, 1.165) is 6.17 Å². The molecule has 19 heavy (non-hydrogen) atoms. The molecule has 0 spiro atoms. The van der Waals surface area contributed by atoms with Crippen LogP contribution in [0.15, 0.2) is 60.7 Å². The second-order valence-corrected chi connectivity index (χ2v) is 7.01. The lowest BCUT2D eigenvalue weighted by Crippen LogP contribution is -2.48. The van der Waals surface area contributed by atoms with Crippen molar-refractivity contribution in [3.63, 3.8) is 0 Å². The highest BCUT2D eigenvalue weighted by Gasteiger charge is 2.15. The van der Waals surface area contributed by atoms with Crippen LogP contribution in [0.4, 0.5) is 5.69 Å². The predicted molar refractivity (Wildman–Crippen MR) is 85.0 cm³/mol. The quantitative estimate of drug-likeness (QED) is 0.788. The Morgan fingerprint density at radius 1 is 0.895 bits per heavy atom. The Balaban J connectivity index is 2.10. The lowest BCUT2D eigenvalue weighted by atomic mass is 10.3. The molecule has 0 heterocycles. The van der Waals surface area contributed by atoms with Crippen LogP contribution in [0.1, 0.15) is 13.8 Å². The summed E-state index contributed by atoms with van der Waals surface area (Å²) in [5.41, 5.74) is 1.20. The molecule has 2 nitrogen and oxygen atoms in total. The summed E-state index contributed by atoms with van der Waals surface area (Å²) in [7, 11) is -0.831. The highest BCUT2D eigenvalue weighted by Crippen LogP contribution is 2.05. The van der Waals surface area contributed by atoms with Crippen LogP contribution >= 0.6 is 0 Å². The minimum atomic E-state index is -0.831. The summed E-state index contributed by atoms with van der Waals surface area (Å²) in [6.07, 6.45) is 1.02. The van der Waals surface area contributed by atoms with E-state index in [-0.39, 0.29) is 0 Å². The molecule has 0 saturated heterocycles. The number of anilines is 1. The summed E-state index contributed by atoms with van der Waals surface area (Å²) in [5.74, 6) is 0. The molecule has 0 atom stereocenters. The van der Waals surface area contributed by atoms with Crippen molar-refractivity contribution in [3.8, 4) is 0 Å². The van der Waals surface area contributed by atoms with E-state index in [2.05, 4.69) is 78.7 Å². The maximum absolute atomic E-state index is 3.69. The lowest BCUT2D eigenvalue weighted by molar-refractivity contribution is 0.647. The molecular weight excluding hydrogens is 248 g/mol. The topological polar surface area (TPSA) is 24.1 Å². The van der Waals surface area contributed by atoms with Crippen molar-refractivity contribution in [2.45, 2.75) is 19.9 Å². The van der Waals surface area contributed by atoms with Gasteiger partial charge in [-0.25, -0.2) is 0 Å². The van der Waals surface area contributed by atoms with E-state index < -0.39 is 8.96 Å². The van der Waals surface area contributed by atoms with Gasteiger partial charge in [0, 0.05) is 17.9 Å². The number of benzene rings is 2. The third kappa shape index (κ3) is 4.54. The van der Waals surface area contributed by atoms with Crippen LogP contribution in [0, 0.1) is 0 Å². The molecule has 0 aliphatic rings. The average Bonchev–Trinajstić information content (AvgIpc) is 2.45. The van der Waals surface area contributed by atoms with E-state index in [9.17, 15) is 0 Å². The summed E-state index contributed by atoms with van der Waals surface area (Å²) in [6, 6.07) is 21.7. The van der Waals surface area contributed by atoms with E-state index in [1.807, 2.05) is 6.07 Å². The number of hydrogen-bond donors (Lipinski definition) is 2. The fourth-order valence-corrected chi connectivity index (χ4v) is 4.02. The maximum Gasteiger partial charge on any atom is 0.217 e. The van der Waals surface area contributed by atoms with Crippen molar-refractivity contribution in [1.29, 1.82) is 0 Å². The SMILES string of the molecule is CC(C)NC[Si](Nc1ccccc1)c1ccccc1. The second-order valence-electron chi connectivity index (χ2n) is 4.87. The first-order valence-electron chi connectivity index (χ1n) is 6.72. The molecule has 2 rings (SSSR count). The third-order valence-electron chi connectivity index (χ3n) is 2.88. The number of hydrogen-bond acceptors (Lipinski definition) is 2. The molecule has 0 amide bonds. The Morgan fingerprint density at radius 3 is 2.05 bits per heavy atom. The summed E-state index contributed by atoms with van der Waals surface area (Å²) in [5, 5.41) is 4.95. The molecule has 0 aliphatic carbocycles. The fraction of sp³-hybridized carbons (Fsp3) is 0.250. The van der Waals surface area contributed by atoms with Crippen molar-refractivity contribution in [1.82, 2.24) is 5.32 Å². The van der Waals surface area contributed by atoms with Crippen molar-refractivity contribution in [2.75, 3.05) is 11.2 Å². The molecular formula is C16H21N2Si. The van der Waals surface area contributed by atoms with Gasteiger partial charge in [0.15, 0.2) is 0 Å². The van der Waals surface area contributed by atoms with Gasteiger partial charge in [-0.05, 0) is 17.3 Å². The van der Waals surface area contributed by atoms with Gasteiger partial charge in [0.2, 0.25) is 8.96 Å². The monoisotopic (exact) mass is 269 g/mol. The third-order valence-corrected chi connectivity index (χ3v) is 5.06. The molecule has 3 heteroatoms. The first kappa shape index (κ1) is 13.8. The van der Waals surface area contributed by atoms with Gasteiger partial charge in [0.05, 0.1) is 0 Å². The van der Waals surface area contributed by atoms with Gasteiger partial charge in [-0.15, -0.1) is 0 Å². The highest BCUT2D eigenvalue weighted by atomic mass is 28.3. The standard InChI is InChI=1S/C16H21N2Si/c1-14(2)17-13-19(16-11-7-4-8-12-16)18-15-9-5-3-6-10-15/h3-12,14,17-18H,13H2,1-2H3.